The molecule has 3 aromatic carbocycles. The zero-order valence-electron chi connectivity index (χ0n) is 21.2. The molecule has 1 aromatic heterocycles. The number of benzene rings is 3. The molecule has 0 aliphatic carbocycles. The third-order valence-electron chi connectivity index (χ3n) is 6.59. The van der Waals surface area contributed by atoms with Crippen LogP contribution in [0.25, 0.3) is 10.8 Å². The van der Waals surface area contributed by atoms with Crippen molar-refractivity contribution in [3.05, 3.63) is 94.0 Å². The lowest BCUT2D eigenvalue weighted by Crippen LogP contribution is -2.36. The van der Waals surface area contributed by atoms with Crippen molar-refractivity contribution in [1.82, 2.24) is 10.2 Å². The number of piperidine rings is 1. The Morgan fingerprint density at radius 1 is 1.03 bits per heavy atom. The first-order valence-electron chi connectivity index (χ1n) is 12.5. The molecule has 2 heterocycles. The Morgan fingerprint density at radius 2 is 1.82 bits per heavy atom. The van der Waals surface area contributed by atoms with Crippen LogP contribution in [0.5, 0.6) is 0 Å². The number of aryl methyl sites for hydroxylation is 1. The molecule has 1 aliphatic rings. The molecule has 0 radical (unpaired) electrons. The Balaban J connectivity index is 0.00000336. The molecule has 0 atom stereocenters. The summed E-state index contributed by atoms with van der Waals surface area (Å²) in [7, 11) is 0. The Hall–Kier alpha value is -3.39. The van der Waals surface area contributed by atoms with Crippen LogP contribution in [0.3, 0.4) is 0 Å². The van der Waals surface area contributed by atoms with Crippen LogP contribution in [0.2, 0.25) is 5.02 Å². The van der Waals surface area contributed by atoms with Gasteiger partial charge < -0.3 is 20.2 Å². The largest absolute Gasteiger partial charge is 0.393 e. The summed E-state index contributed by atoms with van der Waals surface area (Å²) in [4.78, 5) is 7.70. The summed E-state index contributed by atoms with van der Waals surface area (Å²) in [5.41, 5.74) is 4.07. The molecule has 0 saturated carbocycles. The van der Waals surface area contributed by atoms with E-state index in [9.17, 15) is 5.11 Å². The summed E-state index contributed by atoms with van der Waals surface area (Å²) in [5.74, 6) is 1.52. The number of rotatable bonds is 8. The van der Waals surface area contributed by atoms with Crippen molar-refractivity contribution in [2.75, 3.05) is 23.3 Å². The molecule has 7 nitrogen and oxygen atoms in total. The van der Waals surface area contributed by atoms with Gasteiger partial charge in [-0.25, -0.2) is 0 Å². The Labute approximate surface area is 233 Å². The fourth-order valence-corrected chi connectivity index (χ4v) is 4.60. The summed E-state index contributed by atoms with van der Waals surface area (Å²) >= 11 is 6.32. The molecule has 0 unspecified atom stereocenters. The Morgan fingerprint density at radius 3 is 2.58 bits per heavy atom. The highest BCUT2D eigenvalue weighted by Crippen LogP contribution is 2.31. The number of fused-ring (bicyclic) bond motifs is 1. The number of halogens is 2. The first-order chi connectivity index (χ1) is 18.1. The number of aliphatic hydroxyl groups is 1. The number of hydrogen-bond donors (Lipinski definition) is 2. The molecular formula is C29H31Cl2N5O2. The summed E-state index contributed by atoms with van der Waals surface area (Å²) in [6.45, 7) is 4.46. The monoisotopic (exact) mass is 551 g/mol. The van der Waals surface area contributed by atoms with Crippen LogP contribution >= 0.6 is 24.0 Å². The predicted molar refractivity (Wildman–Crippen MR) is 157 cm³/mol. The van der Waals surface area contributed by atoms with Gasteiger partial charge in [0.2, 0.25) is 0 Å². The summed E-state index contributed by atoms with van der Waals surface area (Å²) in [5, 5.41) is 29.4. The zero-order valence-corrected chi connectivity index (χ0v) is 22.8. The van der Waals surface area contributed by atoms with Crippen molar-refractivity contribution >= 4 is 52.6 Å². The average molecular weight is 553 g/mol. The molecular weight excluding hydrogens is 521 g/mol. The first-order valence-corrected chi connectivity index (χ1v) is 12.9. The van der Waals surface area contributed by atoms with Crippen LogP contribution in [0.15, 0.2) is 71.9 Å². The van der Waals surface area contributed by atoms with Crippen LogP contribution < -0.4 is 10.2 Å². The highest BCUT2D eigenvalue weighted by molar-refractivity contribution is 6.31. The van der Waals surface area contributed by atoms with E-state index in [2.05, 4.69) is 37.7 Å². The highest BCUT2D eigenvalue weighted by atomic mass is 35.5. The fourth-order valence-electron chi connectivity index (χ4n) is 4.40. The molecule has 9 heteroatoms. The summed E-state index contributed by atoms with van der Waals surface area (Å²) in [6, 6.07) is 22.1. The van der Waals surface area contributed by atoms with Gasteiger partial charge >= 0.3 is 0 Å². The second-order valence-corrected chi connectivity index (χ2v) is 9.73. The smallest absolute Gasteiger partial charge is 0.159 e. The number of nitrogens with one attached hydrogen (secondary N) is 1. The minimum Gasteiger partial charge on any atom is -0.393 e. The molecule has 0 bridgehead atoms. The van der Waals surface area contributed by atoms with Crippen molar-refractivity contribution in [2.24, 2.45) is 5.16 Å². The van der Waals surface area contributed by atoms with Gasteiger partial charge in [-0.15, -0.1) is 22.6 Å². The van der Waals surface area contributed by atoms with E-state index in [1.54, 1.807) is 6.21 Å². The van der Waals surface area contributed by atoms with E-state index in [-0.39, 0.29) is 18.5 Å². The molecule has 1 saturated heterocycles. The van der Waals surface area contributed by atoms with Gasteiger partial charge in [0.05, 0.1) is 12.3 Å². The normalized spacial score (nSPS) is 14.0. The number of hydrogen-bond acceptors (Lipinski definition) is 7. The third-order valence-corrected chi connectivity index (χ3v) is 7.00. The maximum Gasteiger partial charge on any atom is 0.159 e. The van der Waals surface area contributed by atoms with Gasteiger partial charge in [-0.2, -0.15) is 0 Å². The number of nitrogens with zero attached hydrogens (tertiary/aromatic N) is 4. The summed E-state index contributed by atoms with van der Waals surface area (Å²) < 4.78 is 0. The van der Waals surface area contributed by atoms with E-state index in [1.165, 1.54) is 0 Å². The Bertz CT molecular complexity index is 1390. The second kappa shape index (κ2) is 12.9. The highest BCUT2D eigenvalue weighted by Gasteiger charge is 2.21. The topological polar surface area (TPSA) is 82.9 Å². The van der Waals surface area contributed by atoms with Gasteiger partial charge in [0.15, 0.2) is 11.6 Å². The molecule has 38 heavy (non-hydrogen) atoms. The van der Waals surface area contributed by atoms with Crippen molar-refractivity contribution < 1.29 is 9.94 Å². The molecule has 198 valence electrons. The molecule has 2 N–H and O–H groups in total. The molecule has 5 rings (SSSR count). The summed E-state index contributed by atoms with van der Waals surface area (Å²) in [6.07, 6.45) is 2.90. The molecule has 1 fully saturated rings. The van der Waals surface area contributed by atoms with E-state index < -0.39 is 0 Å². The lowest BCUT2D eigenvalue weighted by Gasteiger charge is -2.31. The number of anilines is 2. The third kappa shape index (κ3) is 6.72. The predicted octanol–water partition coefficient (Wildman–Crippen LogP) is 6.14. The molecule has 0 amide bonds. The van der Waals surface area contributed by atoms with Crippen molar-refractivity contribution in [2.45, 2.75) is 39.0 Å². The average Bonchev–Trinajstić information content (AvgIpc) is 2.92. The standard InChI is InChI=1S/C29H30ClN5O2.ClH/c1-20-7-8-23(16-27(20)30)17-31-28-26-15-22(18-32-37-19-21-5-3-2-4-6-21)9-10-25(26)29(34-33-28)35-13-11-24(36)12-14-35;/h2-10,15-16,18,24,36H,11-14,17,19H2,1H3,(H,31,33);1H/b32-18+;. The van der Waals surface area contributed by atoms with Crippen LogP contribution in [-0.4, -0.2) is 40.7 Å². The maximum absolute atomic E-state index is 9.95. The van der Waals surface area contributed by atoms with Gasteiger partial charge in [-0.3, -0.25) is 0 Å². The Kier molecular flexibility index (Phi) is 9.39. The van der Waals surface area contributed by atoms with Gasteiger partial charge in [0.1, 0.15) is 6.61 Å². The quantitative estimate of drug-likeness (QED) is 0.202. The van der Waals surface area contributed by atoms with Crippen molar-refractivity contribution in [1.29, 1.82) is 0 Å². The second-order valence-electron chi connectivity index (χ2n) is 9.33. The van der Waals surface area contributed by atoms with Crippen molar-refractivity contribution in [3.8, 4) is 0 Å². The number of aromatic nitrogens is 2. The van der Waals surface area contributed by atoms with Crippen LogP contribution in [0, 0.1) is 6.92 Å². The SMILES string of the molecule is Cc1ccc(CNc2nnc(N3CCC(O)CC3)c3ccc(/C=N/OCc4ccccc4)cc23)cc1Cl.Cl. The minimum atomic E-state index is -0.253. The minimum absolute atomic E-state index is 0. The molecule has 4 aromatic rings. The van der Waals surface area contributed by atoms with Gasteiger partial charge in [-0.1, -0.05) is 65.3 Å². The van der Waals surface area contributed by atoms with Gasteiger partial charge in [0.25, 0.3) is 0 Å². The zero-order chi connectivity index (χ0) is 25.6. The van der Waals surface area contributed by atoms with E-state index in [0.717, 1.165) is 69.8 Å². The van der Waals surface area contributed by atoms with Crippen molar-refractivity contribution in [3.63, 3.8) is 0 Å². The van der Waals surface area contributed by atoms with E-state index in [0.29, 0.717) is 19.0 Å². The van der Waals surface area contributed by atoms with E-state index in [1.807, 2.05) is 61.5 Å². The lowest BCUT2D eigenvalue weighted by atomic mass is 10.1. The van der Waals surface area contributed by atoms with Gasteiger partial charge in [-0.05, 0) is 60.2 Å². The fraction of sp³-hybridized carbons (Fsp3) is 0.276. The van der Waals surface area contributed by atoms with E-state index in [4.69, 9.17) is 16.4 Å². The number of oxime groups is 1. The molecule has 0 spiro atoms. The first kappa shape index (κ1) is 27.6. The van der Waals surface area contributed by atoms with E-state index >= 15 is 0 Å². The van der Waals surface area contributed by atoms with Crippen LogP contribution in [0.1, 0.15) is 35.1 Å². The van der Waals surface area contributed by atoms with Gasteiger partial charge in [0, 0.05) is 35.4 Å². The van der Waals surface area contributed by atoms with Crippen LogP contribution in [0.4, 0.5) is 11.6 Å². The number of aliphatic hydroxyl groups excluding tert-OH is 1. The molecule has 1 aliphatic heterocycles. The maximum atomic E-state index is 9.95. The lowest BCUT2D eigenvalue weighted by molar-refractivity contribution is 0.132. The van der Waals surface area contributed by atoms with Crippen LogP contribution in [-0.2, 0) is 18.0 Å².